The zero-order chi connectivity index (χ0) is 11.0. The molecule has 0 aromatic carbocycles. The average molecular weight is 316 g/mol. The number of aromatic nitrogens is 1. The Morgan fingerprint density at radius 3 is 3.00 bits per heavy atom. The molecule has 1 fully saturated rings. The van der Waals surface area contributed by atoms with Gasteiger partial charge in [0.05, 0.1) is 10.6 Å². The summed E-state index contributed by atoms with van der Waals surface area (Å²) in [4.78, 5) is 5.88. The Balaban J connectivity index is 1.87. The van der Waals surface area contributed by atoms with E-state index in [1.54, 1.807) is 22.7 Å². The molecule has 0 amide bonds. The van der Waals surface area contributed by atoms with Crippen LogP contribution in [0.1, 0.15) is 24.6 Å². The molecule has 2 aromatic rings. The van der Waals surface area contributed by atoms with Crippen LogP contribution in [-0.2, 0) is 4.74 Å². The molecule has 84 valence electrons. The minimum Gasteiger partial charge on any atom is -0.372 e. The molecule has 16 heavy (non-hydrogen) atoms. The van der Waals surface area contributed by atoms with Crippen LogP contribution in [0.3, 0.4) is 0 Å². The van der Waals surface area contributed by atoms with E-state index in [4.69, 9.17) is 4.74 Å². The van der Waals surface area contributed by atoms with Gasteiger partial charge in [-0.05, 0) is 34.8 Å². The molecular weight excluding hydrogens is 306 g/mol. The summed E-state index contributed by atoms with van der Waals surface area (Å²) in [5.41, 5.74) is 1.10. The molecule has 0 bridgehead atoms. The lowest BCUT2D eigenvalue weighted by Crippen LogP contribution is -1.95. The van der Waals surface area contributed by atoms with Crippen molar-refractivity contribution in [1.29, 1.82) is 0 Å². The van der Waals surface area contributed by atoms with Gasteiger partial charge in [-0.1, -0.05) is 0 Å². The van der Waals surface area contributed by atoms with Crippen LogP contribution >= 0.6 is 38.6 Å². The molecule has 3 rings (SSSR count). The first-order valence-corrected chi connectivity index (χ1v) is 7.69. The largest absolute Gasteiger partial charge is 0.372 e. The fourth-order valence-corrected chi connectivity index (χ4v) is 4.15. The van der Waals surface area contributed by atoms with E-state index in [-0.39, 0.29) is 6.10 Å². The molecule has 0 aliphatic carbocycles. The van der Waals surface area contributed by atoms with Gasteiger partial charge < -0.3 is 4.74 Å². The van der Waals surface area contributed by atoms with Gasteiger partial charge in [0, 0.05) is 21.8 Å². The fraction of sp³-hybridized carbons (Fsp3) is 0.364. The van der Waals surface area contributed by atoms with Crippen LogP contribution in [0.25, 0.3) is 9.88 Å². The number of thiophene rings is 1. The Labute approximate surface area is 110 Å². The molecule has 1 aliphatic rings. The van der Waals surface area contributed by atoms with Crippen molar-refractivity contribution in [2.45, 2.75) is 18.9 Å². The van der Waals surface area contributed by atoms with Crippen molar-refractivity contribution in [3.63, 3.8) is 0 Å². The summed E-state index contributed by atoms with van der Waals surface area (Å²) in [5.74, 6) is 0. The topological polar surface area (TPSA) is 22.1 Å². The lowest BCUT2D eigenvalue weighted by Gasteiger charge is -2.03. The zero-order valence-corrected chi connectivity index (χ0v) is 11.7. The number of thiazole rings is 1. The molecule has 3 heterocycles. The first-order chi connectivity index (χ1) is 7.83. The van der Waals surface area contributed by atoms with Gasteiger partial charge in [0.15, 0.2) is 0 Å². The molecule has 0 radical (unpaired) electrons. The van der Waals surface area contributed by atoms with Crippen LogP contribution in [0.15, 0.2) is 21.3 Å². The number of hydrogen-bond acceptors (Lipinski definition) is 4. The molecule has 2 nitrogen and oxygen atoms in total. The van der Waals surface area contributed by atoms with Gasteiger partial charge in [0.25, 0.3) is 0 Å². The van der Waals surface area contributed by atoms with Gasteiger partial charge in [0.2, 0.25) is 0 Å². The van der Waals surface area contributed by atoms with E-state index in [1.807, 2.05) is 0 Å². The summed E-state index contributed by atoms with van der Waals surface area (Å²) in [5, 5.41) is 5.31. The highest BCUT2D eigenvalue weighted by molar-refractivity contribution is 9.10. The Bertz CT molecular complexity index is 488. The Hall–Kier alpha value is -0.230. The molecule has 1 aliphatic heterocycles. The summed E-state index contributed by atoms with van der Waals surface area (Å²) in [7, 11) is 0. The van der Waals surface area contributed by atoms with E-state index in [1.165, 1.54) is 4.88 Å². The van der Waals surface area contributed by atoms with Crippen LogP contribution in [0.4, 0.5) is 0 Å². The van der Waals surface area contributed by atoms with E-state index in [0.29, 0.717) is 0 Å². The minimum absolute atomic E-state index is 0.230. The van der Waals surface area contributed by atoms with Gasteiger partial charge in [-0.2, -0.15) is 0 Å². The quantitative estimate of drug-likeness (QED) is 0.814. The van der Waals surface area contributed by atoms with Crippen LogP contribution in [0, 0.1) is 0 Å². The first kappa shape index (κ1) is 10.9. The van der Waals surface area contributed by atoms with Crippen LogP contribution < -0.4 is 0 Å². The summed E-state index contributed by atoms with van der Waals surface area (Å²) in [6, 6.07) is 2.11. The summed E-state index contributed by atoms with van der Waals surface area (Å²) < 4.78 is 6.76. The number of nitrogens with zero attached hydrogens (tertiary/aromatic N) is 1. The third kappa shape index (κ3) is 2.09. The number of halogens is 1. The van der Waals surface area contributed by atoms with Crippen molar-refractivity contribution in [2.24, 2.45) is 0 Å². The molecular formula is C11H10BrNOS2. The number of hydrogen-bond donors (Lipinski definition) is 0. The summed E-state index contributed by atoms with van der Waals surface area (Å²) in [6.45, 7) is 0.877. The van der Waals surface area contributed by atoms with Crippen molar-refractivity contribution in [3.05, 3.63) is 27.0 Å². The van der Waals surface area contributed by atoms with E-state index in [2.05, 4.69) is 37.7 Å². The Morgan fingerprint density at radius 1 is 1.38 bits per heavy atom. The van der Waals surface area contributed by atoms with E-state index in [0.717, 1.165) is 34.6 Å². The van der Waals surface area contributed by atoms with Crippen molar-refractivity contribution in [2.75, 3.05) is 6.61 Å². The molecule has 1 atom stereocenters. The second kappa shape index (κ2) is 4.56. The van der Waals surface area contributed by atoms with Crippen LogP contribution in [-0.4, -0.2) is 11.6 Å². The first-order valence-electron chi connectivity index (χ1n) is 5.14. The molecule has 2 aromatic heterocycles. The predicted octanol–water partition coefficient (Wildman–Crippen LogP) is 4.49. The van der Waals surface area contributed by atoms with Gasteiger partial charge in [0.1, 0.15) is 11.1 Å². The summed E-state index contributed by atoms with van der Waals surface area (Å²) in [6.07, 6.45) is 2.49. The molecule has 1 unspecified atom stereocenters. The van der Waals surface area contributed by atoms with Gasteiger partial charge >= 0.3 is 0 Å². The van der Waals surface area contributed by atoms with E-state index >= 15 is 0 Å². The van der Waals surface area contributed by atoms with Crippen molar-refractivity contribution in [1.82, 2.24) is 4.98 Å². The minimum atomic E-state index is 0.230. The second-order valence-corrected chi connectivity index (χ2v) is 6.39. The normalized spacial score (nSPS) is 20.4. The lowest BCUT2D eigenvalue weighted by atomic mass is 10.2. The maximum absolute atomic E-state index is 5.63. The highest BCUT2D eigenvalue weighted by Gasteiger charge is 2.20. The average Bonchev–Trinajstić information content (AvgIpc) is 2.97. The summed E-state index contributed by atoms with van der Waals surface area (Å²) >= 11 is 6.89. The fourth-order valence-electron chi connectivity index (χ4n) is 1.78. The van der Waals surface area contributed by atoms with Gasteiger partial charge in [-0.25, -0.2) is 4.98 Å². The van der Waals surface area contributed by atoms with E-state index in [9.17, 15) is 0 Å². The van der Waals surface area contributed by atoms with Gasteiger partial charge in [-0.3, -0.25) is 0 Å². The zero-order valence-electron chi connectivity index (χ0n) is 8.48. The molecule has 0 spiro atoms. The van der Waals surface area contributed by atoms with Crippen molar-refractivity contribution >= 4 is 38.6 Å². The van der Waals surface area contributed by atoms with Crippen molar-refractivity contribution < 1.29 is 4.74 Å². The smallest absolute Gasteiger partial charge is 0.133 e. The number of rotatable bonds is 2. The van der Waals surface area contributed by atoms with Gasteiger partial charge in [-0.15, -0.1) is 22.7 Å². The number of ether oxygens (including phenoxy) is 1. The van der Waals surface area contributed by atoms with E-state index < -0.39 is 0 Å². The second-order valence-electron chi connectivity index (χ2n) is 3.71. The molecule has 5 heteroatoms. The lowest BCUT2D eigenvalue weighted by molar-refractivity contribution is 0.109. The molecule has 1 saturated heterocycles. The Kier molecular flexibility index (Phi) is 3.11. The monoisotopic (exact) mass is 315 g/mol. The van der Waals surface area contributed by atoms with Crippen molar-refractivity contribution in [3.8, 4) is 9.88 Å². The standard InChI is InChI=1S/C11H10BrNOS2/c12-7-4-10(15-5-7)11-13-8(6-16-11)9-2-1-3-14-9/h4-6,9H,1-3H2. The molecule has 0 saturated carbocycles. The Morgan fingerprint density at radius 2 is 2.31 bits per heavy atom. The van der Waals surface area contributed by atoms with Crippen LogP contribution in [0.2, 0.25) is 0 Å². The third-order valence-electron chi connectivity index (χ3n) is 2.56. The highest BCUT2D eigenvalue weighted by Crippen LogP contribution is 2.35. The maximum atomic E-state index is 5.63. The molecule has 0 N–H and O–H groups in total. The SMILES string of the molecule is Brc1csc(-c2nc(C3CCCO3)cs2)c1. The maximum Gasteiger partial charge on any atom is 0.133 e. The van der Waals surface area contributed by atoms with Crippen LogP contribution in [0.5, 0.6) is 0 Å². The predicted molar refractivity (Wildman–Crippen MR) is 71.1 cm³/mol. The third-order valence-corrected chi connectivity index (χ3v) is 5.28. The highest BCUT2D eigenvalue weighted by atomic mass is 79.9.